The van der Waals surface area contributed by atoms with E-state index in [0.29, 0.717) is 0 Å². The van der Waals surface area contributed by atoms with Gasteiger partial charge in [-0.25, -0.2) is 0 Å². The van der Waals surface area contributed by atoms with Crippen LogP contribution in [0.25, 0.3) is 0 Å². The van der Waals surface area contributed by atoms with Gasteiger partial charge in [0.1, 0.15) is 5.75 Å². The molecule has 1 aromatic carbocycles. The van der Waals surface area contributed by atoms with Crippen LogP contribution in [0.1, 0.15) is 43.4 Å². The maximum atomic E-state index is 5.54. The van der Waals surface area contributed by atoms with Crippen LogP contribution in [-0.2, 0) is 4.74 Å². The Hall–Kier alpha value is -1.48. The minimum absolute atomic E-state index is 0.185. The minimum atomic E-state index is 0.185. The zero-order chi connectivity index (χ0) is 14.4. The van der Waals surface area contributed by atoms with Crippen molar-refractivity contribution in [2.75, 3.05) is 20.3 Å². The Bertz CT molecular complexity index is 468. The maximum Gasteiger partial charge on any atom is 0.123 e. The molecule has 1 unspecified atom stereocenters. The quantitative estimate of drug-likeness (QED) is 0.858. The molecule has 2 rings (SSSR count). The Morgan fingerprint density at radius 2 is 2.25 bits per heavy atom. The predicted molar refractivity (Wildman–Crippen MR) is 82.0 cm³/mol. The van der Waals surface area contributed by atoms with Crippen LogP contribution < -0.4 is 10.1 Å². The van der Waals surface area contributed by atoms with Crippen LogP contribution >= 0.6 is 0 Å². The van der Waals surface area contributed by atoms with Crippen molar-refractivity contribution in [2.24, 2.45) is 0 Å². The smallest absolute Gasteiger partial charge is 0.123 e. The highest BCUT2D eigenvalue weighted by atomic mass is 16.5. The van der Waals surface area contributed by atoms with Crippen LogP contribution in [0.4, 0.5) is 0 Å². The van der Waals surface area contributed by atoms with Gasteiger partial charge >= 0.3 is 0 Å². The molecule has 1 heterocycles. The molecule has 0 aromatic heterocycles. The predicted octanol–water partition coefficient (Wildman–Crippen LogP) is 3.74. The first-order valence-electron chi connectivity index (χ1n) is 7.44. The standard InChI is InChI=1S/C17H25NO2/c1-4-9-18-17(14-6-5-10-20-12-14)15-11-13(2)7-8-16(15)19-3/h7-8,11-12,17-18H,4-6,9-10H2,1-3H3. The van der Waals surface area contributed by atoms with Gasteiger partial charge in [-0.15, -0.1) is 0 Å². The van der Waals surface area contributed by atoms with Gasteiger partial charge < -0.3 is 14.8 Å². The molecular weight excluding hydrogens is 250 g/mol. The first-order valence-corrected chi connectivity index (χ1v) is 7.44. The molecule has 110 valence electrons. The molecule has 20 heavy (non-hydrogen) atoms. The van der Waals surface area contributed by atoms with Gasteiger partial charge in [0.2, 0.25) is 0 Å². The van der Waals surface area contributed by atoms with Gasteiger partial charge in [-0.1, -0.05) is 24.6 Å². The van der Waals surface area contributed by atoms with E-state index in [-0.39, 0.29) is 6.04 Å². The molecule has 0 aliphatic carbocycles. The third-order valence-electron chi connectivity index (χ3n) is 3.63. The first kappa shape index (κ1) is 14.9. The average Bonchev–Trinajstić information content (AvgIpc) is 2.49. The molecule has 0 radical (unpaired) electrons. The van der Waals surface area contributed by atoms with Crippen LogP contribution in [0.15, 0.2) is 30.0 Å². The zero-order valence-electron chi connectivity index (χ0n) is 12.7. The monoisotopic (exact) mass is 275 g/mol. The Labute approximate surface area is 122 Å². The second-order valence-electron chi connectivity index (χ2n) is 5.30. The number of hydrogen-bond donors (Lipinski definition) is 1. The van der Waals surface area contributed by atoms with E-state index in [9.17, 15) is 0 Å². The van der Waals surface area contributed by atoms with Crippen molar-refractivity contribution in [3.8, 4) is 5.75 Å². The fourth-order valence-corrected chi connectivity index (χ4v) is 2.61. The van der Waals surface area contributed by atoms with Crippen LogP contribution in [0.5, 0.6) is 5.75 Å². The summed E-state index contributed by atoms with van der Waals surface area (Å²) in [5.74, 6) is 0.940. The lowest BCUT2D eigenvalue weighted by molar-refractivity contribution is 0.219. The fraction of sp³-hybridized carbons (Fsp3) is 0.529. The molecule has 0 amide bonds. The molecule has 3 heteroatoms. The summed E-state index contributed by atoms with van der Waals surface area (Å²) in [6.45, 7) is 6.11. The zero-order valence-corrected chi connectivity index (χ0v) is 12.7. The van der Waals surface area contributed by atoms with Gasteiger partial charge in [-0.05, 0) is 44.4 Å². The molecule has 0 spiro atoms. The lowest BCUT2D eigenvalue weighted by Gasteiger charge is -2.26. The molecule has 3 nitrogen and oxygen atoms in total. The summed E-state index contributed by atoms with van der Waals surface area (Å²) in [5.41, 5.74) is 3.77. The van der Waals surface area contributed by atoms with Crippen molar-refractivity contribution in [2.45, 2.75) is 39.2 Å². The van der Waals surface area contributed by atoms with E-state index in [1.54, 1.807) is 7.11 Å². The van der Waals surface area contributed by atoms with Gasteiger partial charge in [0.05, 0.1) is 26.0 Å². The molecule has 1 N–H and O–H groups in total. The molecule has 1 aromatic rings. The van der Waals surface area contributed by atoms with E-state index in [1.165, 1.54) is 16.7 Å². The molecule has 1 aliphatic rings. The number of rotatable bonds is 6. The van der Waals surface area contributed by atoms with E-state index in [2.05, 4.69) is 37.4 Å². The Morgan fingerprint density at radius 1 is 1.40 bits per heavy atom. The largest absolute Gasteiger partial charge is 0.501 e. The Kier molecular flexibility index (Phi) is 5.48. The van der Waals surface area contributed by atoms with Gasteiger partial charge in [0, 0.05) is 5.56 Å². The van der Waals surface area contributed by atoms with Gasteiger partial charge in [0.15, 0.2) is 0 Å². The lowest BCUT2D eigenvalue weighted by Crippen LogP contribution is -2.26. The topological polar surface area (TPSA) is 30.5 Å². The first-order chi connectivity index (χ1) is 9.76. The van der Waals surface area contributed by atoms with E-state index < -0.39 is 0 Å². The molecule has 0 fully saturated rings. The Morgan fingerprint density at radius 3 is 2.90 bits per heavy atom. The number of hydrogen-bond acceptors (Lipinski definition) is 3. The number of ether oxygens (including phenoxy) is 2. The summed E-state index contributed by atoms with van der Waals surface area (Å²) >= 11 is 0. The summed E-state index contributed by atoms with van der Waals surface area (Å²) in [4.78, 5) is 0. The van der Waals surface area contributed by atoms with Crippen molar-refractivity contribution in [1.82, 2.24) is 5.32 Å². The summed E-state index contributed by atoms with van der Waals surface area (Å²) in [6, 6.07) is 6.53. The second-order valence-corrected chi connectivity index (χ2v) is 5.30. The van der Waals surface area contributed by atoms with Crippen LogP contribution in [0, 0.1) is 6.92 Å². The van der Waals surface area contributed by atoms with E-state index in [4.69, 9.17) is 9.47 Å². The number of aryl methyl sites for hydroxylation is 1. The lowest BCUT2D eigenvalue weighted by atomic mass is 9.93. The van der Waals surface area contributed by atoms with Crippen molar-refractivity contribution < 1.29 is 9.47 Å². The second kappa shape index (κ2) is 7.34. The summed E-state index contributed by atoms with van der Waals surface area (Å²) in [5, 5.41) is 3.63. The number of methoxy groups -OCH3 is 1. The van der Waals surface area contributed by atoms with E-state index in [1.807, 2.05) is 6.26 Å². The van der Waals surface area contributed by atoms with Crippen molar-refractivity contribution in [3.63, 3.8) is 0 Å². The highest BCUT2D eigenvalue weighted by Gasteiger charge is 2.21. The summed E-state index contributed by atoms with van der Waals surface area (Å²) < 4.78 is 11.1. The minimum Gasteiger partial charge on any atom is -0.501 e. The SMILES string of the molecule is CCCNC(C1=COCCC1)c1cc(C)ccc1OC. The van der Waals surface area contributed by atoms with Crippen LogP contribution in [0.3, 0.4) is 0 Å². The summed E-state index contributed by atoms with van der Waals surface area (Å²) in [7, 11) is 1.73. The average molecular weight is 275 g/mol. The maximum absolute atomic E-state index is 5.54. The normalized spacial score (nSPS) is 16.2. The molecular formula is C17H25NO2. The highest BCUT2D eigenvalue weighted by Crippen LogP contribution is 2.34. The third-order valence-corrected chi connectivity index (χ3v) is 3.63. The van der Waals surface area contributed by atoms with E-state index >= 15 is 0 Å². The third kappa shape index (κ3) is 3.54. The highest BCUT2D eigenvalue weighted by molar-refractivity contribution is 5.42. The van der Waals surface area contributed by atoms with Gasteiger partial charge in [-0.3, -0.25) is 0 Å². The van der Waals surface area contributed by atoms with E-state index in [0.717, 1.165) is 38.2 Å². The van der Waals surface area contributed by atoms with Crippen molar-refractivity contribution in [3.05, 3.63) is 41.2 Å². The Balaban J connectivity index is 2.34. The van der Waals surface area contributed by atoms with Crippen molar-refractivity contribution in [1.29, 1.82) is 0 Å². The molecule has 0 bridgehead atoms. The summed E-state index contributed by atoms with van der Waals surface area (Å²) in [6.07, 6.45) is 5.21. The van der Waals surface area contributed by atoms with Gasteiger partial charge in [-0.2, -0.15) is 0 Å². The molecule has 1 atom stereocenters. The fourth-order valence-electron chi connectivity index (χ4n) is 2.61. The van der Waals surface area contributed by atoms with Crippen molar-refractivity contribution >= 4 is 0 Å². The molecule has 1 aliphatic heterocycles. The molecule has 0 saturated heterocycles. The van der Waals surface area contributed by atoms with Crippen LogP contribution in [0.2, 0.25) is 0 Å². The van der Waals surface area contributed by atoms with Gasteiger partial charge in [0.25, 0.3) is 0 Å². The number of nitrogens with one attached hydrogen (secondary N) is 1. The molecule has 0 saturated carbocycles. The number of benzene rings is 1. The van der Waals surface area contributed by atoms with Crippen LogP contribution in [-0.4, -0.2) is 20.3 Å².